The fraction of sp³-hybridized carbons (Fsp3) is 0.600. The van der Waals surface area contributed by atoms with Crippen LogP contribution in [0.25, 0.3) is 0 Å². The third-order valence-corrected chi connectivity index (χ3v) is 6.08. The third-order valence-electron chi connectivity index (χ3n) is 6.08. The standard InChI is InChI=1S/C20H24N4O4/c25-18-9-12-5-1-3-7-14(12)22-24(18)16-11-27-10-15(16)21-20(26)19-13-6-2-4-8-17(13)28-23-19/h9,15-16H,1-8,10-11H2,(H,21,26). The summed E-state index contributed by atoms with van der Waals surface area (Å²) in [5.41, 5.74) is 3.21. The number of aromatic nitrogens is 3. The molecule has 28 heavy (non-hydrogen) atoms. The molecule has 0 spiro atoms. The first-order valence-corrected chi connectivity index (χ1v) is 10.2. The Balaban J connectivity index is 1.38. The summed E-state index contributed by atoms with van der Waals surface area (Å²) in [6.07, 6.45) is 7.76. The number of aryl methyl sites for hydroxylation is 3. The van der Waals surface area contributed by atoms with E-state index in [9.17, 15) is 9.59 Å². The van der Waals surface area contributed by atoms with Crippen molar-refractivity contribution in [1.82, 2.24) is 20.3 Å². The van der Waals surface area contributed by atoms with Crippen LogP contribution in [0.15, 0.2) is 15.4 Å². The average molecular weight is 384 g/mol. The summed E-state index contributed by atoms with van der Waals surface area (Å²) < 4.78 is 12.5. The van der Waals surface area contributed by atoms with E-state index in [-0.39, 0.29) is 23.6 Å². The number of hydrogen-bond donors (Lipinski definition) is 1. The summed E-state index contributed by atoms with van der Waals surface area (Å²) in [5.74, 6) is 0.557. The van der Waals surface area contributed by atoms with E-state index in [0.29, 0.717) is 18.9 Å². The maximum absolute atomic E-state index is 12.8. The highest BCUT2D eigenvalue weighted by Gasteiger charge is 2.35. The highest BCUT2D eigenvalue weighted by atomic mass is 16.5. The number of amides is 1. The minimum Gasteiger partial charge on any atom is -0.377 e. The zero-order chi connectivity index (χ0) is 19.1. The molecule has 1 aliphatic heterocycles. The normalized spacial score (nSPS) is 23.9. The van der Waals surface area contributed by atoms with Crippen LogP contribution in [-0.2, 0) is 30.4 Å². The summed E-state index contributed by atoms with van der Waals surface area (Å²) in [5, 5.41) is 11.6. The summed E-state index contributed by atoms with van der Waals surface area (Å²) in [4.78, 5) is 25.5. The molecule has 148 valence electrons. The molecule has 0 saturated carbocycles. The fourth-order valence-electron chi connectivity index (χ4n) is 4.54. The Labute approximate surface area is 162 Å². The molecule has 8 heteroatoms. The highest BCUT2D eigenvalue weighted by Crippen LogP contribution is 2.25. The van der Waals surface area contributed by atoms with Crippen LogP contribution >= 0.6 is 0 Å². The molecule has 2 aromatic rings. The van der Waals surface area contributed by atoms with Gasteiger partial charge in [-0.15, -0.1) is 0 Å². The number of rotatable bonds is 3. The summed E-state index contributed by atoms with van der Waals surface area (Å²) in [6.45, 7) is 0.704. The van der Waals surface area contributed by atoms with Gasteiger partial charge in [-0.25, -0.2) is 4.68 Å². The van der Waals surface area contributed by atoms with Crippen molar-refractivity contribution in [3.63, 3.8) is 0 Å². The van der Waals surface area contributed by atoms with Crippen molar-refractivity contribution < 1.29 is 14.1 Å². The molecule has 2 aromatic heterocycles. The molecule has 0 radical (unpaired) electrons. The van der Waals surface area contributed by atoms with Gasteiger partial charge in [0, 0.05) is 18.1 Å². The molecule has 8 nitrogen and oxygen atoms in total. The third kappa shape index (κ3) is 3.05. The number of carbonyl (C=O) groups excluding carboxylic acids is 1. The lowest BCUT2D eigenvalue weighted by molar-refractivity contribution is 0.0914. The number of hydrogen-bond acceptors (Lipinski definition) is 6. The first-order valence-electron chi connectivity index (χ1n) is 10.2. The Kier molecular flexibility index (Phi) is 4.50. The van der Waals surface area contributed by atoms with Gasteiger partial charge >= 0.3 is 0 Å². The summed E-state index contributed by atoms with van der Waals surface area (Å²) in [6, 6.07) is 1.06. The minimum atomic E-state index is -0.324. The lowest BCUT2D eigenvalue weighted by atomic mass is 9.96. The van der Waals surface area contributed by atoms with E-state index in [1.165, 1.54) is 4.68 Å². The Bertz CT molecular complexity index is 964. The Morgan fingerprint density at radius 3 is 2.86 bits per heavy atom. The van der Waals surface area contributed by atoms with Crippen LogP contribution in [-0.4, -0.2) is 40.1 Å². The van der Waals surface area contributed by atoms with Gasteiger partial charge in [-0.2, -0.15) is 5.10 Å². The van der Waals surface area contributed by atoms with E-state index in [1.807, 2.05) is 0 Å². The Morgan fingerprint density at radius 2 is 1.93 bits per heavy atom. The van der Waals surface area contributed by atoms with E-state index in [1.54, 1.807) is 6.07 Å². The summed E-state index contributed by atoms with van der Waals surface area (Å²) >= 11 is 0. The maximum Gasteiger partial charge on any atom is 0.274 e. The van der Waals surface area contributed by atoms with Crippen LogP contribution in [0, 0.1) is 0 Å². The van der Waals surface area contributed by atoms with Gasteiger partial charge in [0.25, 0.3) is 11.5 Å². The quantitative estimate of drug-likeness (QED) is 0.858. The second-order valence-electron chi connectivity index (χ2n) is 7.93. The second-order valence-corrected chi connectivity index (χ2v) is 7.93. The van der Waals surface area contributed by atoms with Crippen molar-refractivity contribution in [1.29, 1.82) is 0 Å². The molecular weight excluding hydrogens is 360 g/mol. The van der Waals surface area contributed by atoms with Crippen LogP contribution < -0.4 is 10.9 Å². The van der Waals surface area contributed by atoms with Crippen LogP contribution in [0.2, 0.25) is 0 Å². The number of carbonyl (C=O) groups is 1. The van der Waals surface area contributed by atoms with E-state index >= 15 is 0 Å². The van der Waals surface area contributed by atoms with Gasteiger partial charge in [-0.1, -0.05) is 5.16 Å². The van der Waals surface area contributed by atoms with Crippen molar-refractivity contribution in [2.45, 2.75) is 63.5 Å². The van der Waals surface area contributed by atoms with Gasteiger partial charge in [-0.05, 0) is 50.5 Å². The van der Waals surface area contributed by atoms with Crippen LogP contribution in [0.5, 0.6) is 0 Å². The smallest absolute Gasteiger partial charge is 0.274 e. The van der Waals surface area contributed by atoms with Crippen molar-refractivity contribution in [2.75, 3.05) is 13.2 Å². The summed E-state index contributed by atoms with van der Waals surface area (Å²) in [7, 11) is 0. The van der Waals surface area contributed by atoms with E-state index < -0.39 is 0 Å². The van der Waals surface area contributed by atoms with Crippen molar-refractivity contribution in [3.05, 3.63) is 44.7 Å². The molecule has 1 fully saturated rings. The molecule has 2 unspecified atom stereocenters. The largest absolute Gasteiger partial charge is 0.377 e. The van der Waals surface area contributed by atoms with Crippen molar-refractivity contribution in [3.8, 4) is 0 Å². The van der Waals surface area contributed by atoms with E-state index in [0.717, 1.165) is 73.9 Å². The molecule has 3 aliphatic rings. The molecule has 0 aromatic carbocycles. The van der Waals surface area contributed by atoms with Gasteiger partial charge < -0.3 is 14.6 Å². The average Bonchev–Trinajstić information content (AvgIpc) is 3.34. The first-order chi connectivity index (χ1) is 13.7. The minimum absolute atomic E-state index is 0.130. The lowest BCUT2D eigenvalue weighted by Gasteiger charge is -2.22. The maximum atomic E-state index is 12.8. The SMILES string of the molecule is O=C(NC1COCC1n1nc2c(cc1=O)CCCC2)c1noc2c1CCCC2. The van der Waals surface area contributed by atoms with Crippen LogP contribution in [0.4, 0.5) is 0 Å². The zero-order valence-corrected chi connectivity index (χ0v) is 15.8. The van der Waals surface area contributed by atoms with E-state index in [4.69, 9.17) is 9.26 Å². The Morgan fingerprint density at radius 1 is 1.11 bits per heavy atom. The molecule has 5 rings (SSSR count). The molecule has 2 atom stereocenters. The molecule has 3 heterocycles. The van der Waals surface area contributed by atoms with Gasteiger partial charge in [-0.3, -0.25) is 9.59 Å². The molecular formula is C20H24N4O4. The number of fused-ring (bicyclic) bond motifs is 2. The zero-order valence-electron chi connectivity index (χ0n) is 15.8. The number of nitrogens with one attached hydrogen (secondary N) is 1. The molecule has 1 amide bonds. The van der Waals surface area contributed by atoms with Crippen molar-refractivity contribution >= 4 is 5.91 Å². The number of ether oxygens (including phenoxy) is 1. The number of nitrogens with zero attached hydrogens (tertiary/aromatic N) is 3. The fourth-order valence-corrected chi connectivity index (χ4v) is 4.54. The lowest BCUT2D eigenvalue weighted by Crippen LogP contribution is -2.44. The predicted molar refractivity (Wildman–Crippen MR) is 99.4 cm³/mol. The monoisotopic (exact) mass is 384 g/mol. The predicted octanol–water partition coefficient (Wildman–Crippen LogP) is 1.36. The van der Waals surface area contributed by atoms with Gasteiger partial charge in [0.15, 0.2) is 5.69 Å². The van der Waals surface area contributed by atoms with Crippen molar-refractivity contribution in [2.24, 2.45) is 0 Å². The van der Waals surface area contributed by atoms with Gasteiger partial charge in [0.1, 0.15) is 11.8 Å². The Hall–Kier alpha value is -2.48. The second kappa shape index (κ2) is 7.16. The first kappa shape index (κ1) is 17.6. The van der Waals surface area contributed by atoms with Crippen LogP contribution in [0.1, 0.15) is 64.8 Å². The molecule has 1 N–H and O–H groups in total. The highest BCUT2D eigenvalue weighted by molar-refractivity contribution is 5.94. The van der Waals surface area contributed by atoms with Crippen LogP contribution in [0.3, 0.4) is 0 Å². The molecule has 2 aliphatic carbocycles. The molecule has 1 saturated heterocycles. The molecule has 0 bridgehead atoms. The topological polar surface area (TPSA) is 99.2 Å². The van der Waals surface area contributed by atoms with Gasteiger partial charge in [0.05, 0.1) is 24.9 Å². The van der Waals surface area contributed by atoms with E-state index in [2.05, 4.69) is 15.6 Å². The van der Waals surface area contributed by atoms with Gasteiger partial charge in [0.2, 0.25) is 0 Å².